The van der Waals surface area contributed by atoms with Crippen molar-refractivity contribution in [2.24, 2.45) is 0 Å². The van der Waals surface area contributed by atoms with Gasteiger partial charge in [0.2, 0.25) is 5.91 Å². The first-order valence-electron chi connectivity index (χ1n) is 7.86. The van der Waals surface area contributed by atoms with Crippen LogP contribution < -0.4 is 16.6 Å². The van der Waals surface area contributed by atoms with Gasteiger partial charge < -0.3 is 21.0 Å². The van der Waals surface area contributed by atoms with Crippen LogP contribution in [0.15, 0.2) is 29.1 Å². The lowest BCUT2D eigenvalue weighted by molar-refractivity contribution is -0.116. The summed E-state index contributed by atoms with van der Waals surface area (Å²) in [5, 5.41) is 7.97. The number of carbonyl (C=O) groups is 1. The lowest BCUT2D eigenvalue weighted by Crippen LogP contribution is -2.26. The molecule has 0 saturated carbocycles. The minimum absolute atomic E-state index is 0.101. The van der Waals surface area contributed by atoms with Crippen LogP contribution in [0.1, 0.15) is 24.5 Å². The molecule has 5 N–H and O–H groups in total. The largest absolute Gasteiger partial charge is 0.399 e. The molecule has 0 bridgehead atoms. The van der Waals surface area contributed by atoms with Gasteiger partial charge in [0.25, 0.3) is 5.56 Å². The number of anilines is 2. The maximum absolute atomic E-state index is 13.6. The Labute approximate surface area is 138 Å². The summed E-state index contributed by atoms with van der Waals surface area (Å²) in [6, 6.07) is 5.65. The van der Waals surface area contributed by atoms with Crippen LogP contribution in [0.4, 0.5) is 15.8 Å². The second-order valence-corrected chi connectivity index (χ2v) is 6.04. The summed E-state index contributed by atoms with van der Waals surface area (Å²) in [5.41, 5.74) is 6.86. The topological polar surface area (TPSA) is 107 Å². The molecule has 2 aromatic rings. The Morgan fingerprint density at radius 1 is 1.38 bits per heavy atom. The highest BCUT2D eigenvalue weighted by Crippen LogP contribution is 2.25. The zero-order chi connectivity index (χ0) is 17.1. The Balaban J connectivity index is 1.48. The zero-order valence-electron chi connectivity index (χ0n) is 13.1. The van der Waals surface area contributed by atoms with Crippen LogP contribution in [0, 0.1) is 5.82 Å². The van der Waals surface area contributed by atoms with Crippen molar-refractivity contribution in [3.63, 3.8) is 0 Å². The summed E-state index contributed by atoms with van der Waals surface area (Å²) >= 11 is 0. The molecule has 1 aliphatic rings. The molecular weight excluding hydrogens is 313 g/mol. The third-order valence-corrected chi connectivity index (χ3v) is 4.25. The number of rotatable bonds is 5. The van der Waals surface area contributed by atoms with E-state index in [0.717, 1.165) is 25.2 Å². The van der Waals surface area contributed by atoms with Crippen molar-refractivity contribution >= 4 is 17.3 Å². The zero-order valence-corrected chi connectivity index (χ0v) is 13.1. The average Bonchev–Trinajstić information content (AvgIpc) is 3.17. The minimum Gasteiger partial charge on any atom is -0.399 e. The Morgan fingerprint density at radius 3 is 2.96 bits per heavy atom. The molecular formula is C16H20FN5O2. The van der Waals surface area contributed by atoms with Gasteiger partial charge in [-0.15, -0.1) is 0 Å². The minimum atomic E-state index is -0.504. The summed E-state index contributed by atoms with van der Waals surface area (Å²) in [6.07, 6.45) is 1.20. The fourth-order valence-electron chi connectivity index (χ4n) is 2.97. The van der Waals surface area contributed by atoms with Gasteiger partial charge in [0.15, 0.2) is 0 Å². The molecule has 0 spiro atoms. The monoisotopic (exact) mass is 333 g/mol. The van der Waals surface area contributed by atoms with Gasteiger partial charge in [0.1, 0.15) is 5.82 Å². The van der Waals surface area contributed by atoms with Crippen LogP contribution in [0.3, 0.4) is 0 Å². The number of amides is 1. The quantitative estimate of drug-likeness (QED) is 0.618. The van der Waals surface area contributed by atoms with Gasteiger partial charge in [-0.05, 0) is 31.2 Å². The van der Waals surface area contributed by atoms with Crippen LogP contribution in [0.5, 0.6) is 0 Å². The lowest BCUT2D eigenvalue weighted by Gasteiger charge is -2.15. The normalized spacial score (nSPS) is 18.0. The van der Waals surface area contributed by atoms with Crippen molar-refractivity contribution in [3.8, 4) is 0 Å². The van der Waals surface area contributed by atoms with Crippen LogP contribution >= 0.6 is 0 Å². The van der Waals surface area contributed by atoms with Gasteiger partial charge in [-0.1, -0.05) is 0 Å². The predicted molar refractivity (Wildman–Crippen MR) is 89.3 cm³/mol. The van der Waals surface area contributed by atoms with E-state index in [0.29, 0.717) is 12.2 Å². The third-order valence-electron chi connectivity index (χ3n) is 4.25. The van der Waals surface area contributed by atoms with E-state index in [1.807, 2.05) is 0 Å². The molecule has 1 amide bonds. The van der Waals surface area contributed by atoms with Crippen LogP contribution in [-0.2, 0) is 4.79 Å². The SMILES string of the molecule is Nc1ccc(F)c(NC(=O)CCN2CC[C@H](c3cc(=O)[nH][nH]3)C2)c1. The van der Waals surface area contributed by atoms with E-state index in [1.54, 1.807) is 6.07 Å². The molecule has 1 aromatic heterocycles. The number of aromatic amines is 2. The molecule has 128 valence electrons. The first-order valence-corrected chi connectivity index (χ1v) is 7.86. The van der Waals surface area contributed by atoms with Crippen LogP contribution in [0.2, 0.25) is 0 Å². The molecule has 3 rings (SSSR count). The van der Waals surface area contributed by atoms with Gasteiger partial charge in [-0.3, -0.25) is 14.7 Å². The van der Waals surface area contributed by atoms with Crippen molar-refractivity contribution in [1.82, 2.24) is 15.1 Å². The maximum atomic E-state index is 13.6. The first kappa shape index (κ1) is 16.3. The number of carbonyl (C=O) groups excluding carboxylic acids is 1. The summed E-state index contributed by atoms with van der Waals surface area (Å²) in [6.45, 7) is 2.23. The van der Waals surface area contributed by atoms with Gasteiger partial charge in [0, 0.05) is 42.9 Å². The van der Waals surface area contributed by atoms with E-state index < -0.39 is 5.82 Å². The Hall–Kier alpha value is -2.61. The fourth-order valence-corrected chi connectivity index (χ4v) is 2.97. The van der Waals surface area contributed by atoms with Crippen molar-refractivity contribution in [3.05, 3.63) is 46.1 Å². The lowest BCUT2D eigenvalue weighted by atomic mass is 10.1. The number of aromatic nitrogens is 2. The standard InChI is InChI=1S/C16H20FN5O2/c17-12-2-1-11(18)7-14(12)19-15(23)4-6-22-5-3-10(9-22)13-8-16(24)21-20-13/h1-2,7-8,10H,3-6,9,18H2,(H,19,23)(H2,20,21,24)/t10-/m0/s1. The highest BCUT2D eigenvalue weighted by molar-refractivity contribution is 5.91. The molecule has 0 aliphatic carbocycles. The molecule has 1 saturated heterocycles. The van der Waals surface area contributed by atoms with Gasteiger partial charge in [-0.25, -0.2) is 4.39 Å². The number of hydrogen-bond acceptors (Lipinski definition) is 4. The number of likely N-dealkylation sites (tertiary alicyclic amines) is 1. The highest BCUT2D eigenvalue weighted by atomic mass is 19.1. The molecule has 24 heavy (non-hydrogen) atoms. The van der Waals surface area contributed by atoms with E-state index >= 15 is 0 Å². The predicted octanol–water partition coefficient (Wildman–Crippen LogP) is 1.24. The van der Waals surface area contributed by atoms with E-state index in [-0.39, 0.29) is 29.5 Å². The molecule has 7 nitrogen and oxygen atoms in total. The highest BCUT2D eigenvalue weighted by Gasteiger charge is 2.25. The van der Waals surface area contributed by atoms with E-state index in [9.17, 15) is 14.0 Å². The molecule has 1 fully saturated rings. The number of nitrogen functional groups attached to an aromatic ring is 1. The van der Waals surface area contributed by atoms with Gasteiger partial charge in [0.05, 0.1) is 5.69 Å². The molecule has 8 heteroatoms. The summed E-state index contributed by atoms with van der Waals surface area (Å²) in [5.74, 6) is -0.494. The third kappa shape index (κ3) is 3.83. The summed E-state index contributed by atoms with van der Waals surface area (Å²) < 4.78 is 13.6. The molecule has 0 radical (unpaired) electrons. The van der Waals surface area contributed by atoms with Crippen molar-refractivity contribution in [1.29, 1.82) is 0 Å². The number of H-pyrrole nitrogens is 2. The summed E-state index contributed by atoms with van der Waals surface area (Å²) in [4.78, 5) is 25.3. The van der Waals surface area contributed by atoms with E-state index in [2.05, 4.69) is 20.4 Å². The van der Waals surface area contributed by atoms with Crippen LogP contribution in [-0.4, -0.2) is 40.6 Å². The number of nitrogens with two attached hydrogens (primary N) is 1. The van der Waals surface area contributed by atoms with Gasteiger partial charge >= 0.3 is 0 Å². The van der Waals surface area contributed by atoms with Crippen molar-refractivity contribution < 1.29 is 9.18 Å². The maximum Gasteiger partial charge on any atom is 0.264 e. The molecule has 0 unspecified atom stereocenters. The number of nitrogens with one attached hydrogen (secondary N) is 3. The Bertz CT molecular complexity index is 785. The average molecular weight is 333 g/mol. The molecule has 1 aliphatic heterocycles. The number of benzene rings is 1. The number of nitrogens with zero attached hydrogens (tertiary/aromatic N) is 1. The van der Waals surface area contributed by atoms with Crippen LogP contribution in [0.25, 0.3) is 0 Å². The Morgan fingerprint density at radius 2 is 2.21 bits per heavy atom. The number of hydrogen-bond donors (Lipinski definition) is 4. The summed E-state index contributed by atoms with van der Waals surface area (Å²) in [7, 11) is 0. The smallest absolute Gasteiger partial charge is 0.264 e. The van der Waals surface area contributed by atoms with Crippen molar-refractivity contribution in [2.75, 3.05) is 30.7 Å². The van der Waals surface area contributed by atoms with E-state index in [1.165, 1.54) is 18.2 Å². The number of halogens is 1. The first-order chi connectivity index (χ1) is 11.5. The Kier molecular flexibility index (Phi) is 4.66. The second-order valence-electron chi connectivity index (χ2n) is 6.04. The second kappa shape index (κ2) is 6.88. The molecule has 1 aromatic carbocycles. The van der Waals surface area contributed by atoms with E-state index in [4.69, 9.17) is 5.73 Å². The fraction of sp³-hybridized carbons (Fsp3) is 0.375. The molecule has 1 atom stereocenters. The van der Waals surface area contributed by atoms with Gasteiger partial charge in [-0.2, -0.15) is 0 Å². The van der Waals surface area contributed by atoms with Crippen molar-refractivity contribution in [2.45, 2.75) is 18.8 Å². The molecule has 2 heterocycles.